The van der Waals surface area contributed by atoms with E-state index in [1.807, 2.05) is 46.1 Å². The number of likely N-dealkylation sites (tertiary alicyclic amines) is 1. The fourth-order valence-electron chi connectivity index (χ4n) is 5.05. The molecule has 0 saturated carbocycles. The van der Waals surface area contributed by atoms with Crippen LogP contribution in [0, 0.1) is 6.92 Å². The van der Waals surface area contributed by atoms with Gasteiger partial charge in [-0.05, 0) is 51.6 Å². The minimum Gasteiger partial charge on any atom is -0.483 e. The van der Waals surface area contributed by atoms with Crippen LogP contribution in [-0.4, -0.2) is 128 Å². The van der Waals surface area contributed by atoms with Crippen LogP contribution in [0.3, 0.4) is 0 Å². The zero-order valence-corrected chi connectivity index (χ0v) is 25.1. The van der Waals surface area contributed by atoms with Gasteiger partial charge in [0.1, 0.15) is 11.4 Å². The lowest BCUT2D eigenvalue weighted by Gasteiger charge is -2.34. The van der Waals surface area contributed by atoms with Crippen molar-refractivity contribution in [3.05, 3.63) is 35.5 Å². The number of likely N-dealkylation sites (N-methyl/N-ethyl adjacent to an activating group) is 1. The lowest BCUT2D eigenvalue weighted by atomic mass is 10.1. The van der Waals surface area contributed by atoms with Crippen LogP contribution in [-0.2, 0) is 14.3 Å². The van der Waals surface area contributed by atoms with Crippen molar-refractivity contribution in [2.24, 2.45) is 0 Å². The van der Waals surface area contributed by atoms with Gasteiger partial charge in [-0.2, -0.15) is 0 Å². The van der Waals surface area contributed by atoms with Crippen molar-refractivity contribution in [2.45, 2.75) is 39.2 Å². The van der Waals surface area contributed by atoms with Gasteiger partial charge in [-0.3, -0.25) is 14.4 Å². The van der Waals surface area contributed by atoms with Gasteiger partial charge in [0.25, 0.3) is 11.8 Å². The number of piperazine rings is 1. The van der Waals surface area contributed by atoms with Crippen molar-refractivity contribution in [3.63, 3.8) is 0 Å². The number of fused-ring (bicyclic) bond motifs is 1. The summed E-state index contributed by atoms with van der Waals surface area (Å²) in [5.41, 5.74) is 1.62. The van der Waals surface area contributed by atoms with Crippen molar-refractivity contribution in [2.75, 3.05) is 73.1 Å². The average molecular weight is 583 g/mol. The SMILES string of the molecule is CCCCOC(=O)N1CCN(C(=O)CNC(=O)c2cc(OCC(=O)N3CC[C@@H](N(C)C)C3)c3ccc(C)cc3n2)CC1. The first-order valence-corrected chi connectivity index (χ1v) is 14.6. The number of hydrogen-bond donors (Lipinski definition) is 1. The predicted molar refractivity (Wildman–Crippen MR) is 157 cm³/mol. The molecule has 3 heterocycles. The molecule has 4 amide bonds. The van der Waals surface area contributed by atoms with Gasteiger partial charge in [0.15, 0.2) is 6.61 Å². The smallest absolute Gasteiger partial charge is 0.409 e. The third-order valence-electron chi connectivity index (χ3n) is 7.77. The number of nitrogens with zero attached hydrogens (tertiary/aromatic N) is 5. The maximum absolute atomic E-state index is 13.1. The van der Waals surface area contributed by atoms with Crippen molar-refractivity contribution in [1.82, 2.24) is 29.9 Å². The van der Waals surface area contributed by atoms with E-state index in [1.54, 1.807) is 14.7 Å². The van der Waals surface area contributed by atoms with E-state index in [9.17, 15) is 19.2 Å². The summed E-state index contributed by atoms with van der Waals surface area (Å²) >= 11 is 0. The van der Waals surface area contributed by atoms with Gasteiger partial charge in [0.05, 0.1) is 18.7 Å². The highest BCUT2D eigenvalue weighted by molar-refractivity contribution is 5.98. The number of rotatable bonds is 10. The van der Waals surface area contributed by atoms with Crippen LogP contribution in [0.15, 0.2) is 24.3 Å². The highest BCUT2D eigenvalue weighted by Crippen LogP contribution is 2.27. The van der Waals surface area contributed by atoms with Gasteiger partial charge in [-0.15, -0.1) is 0 Å². The molecule has 0 radical (unpaired) electrons. The molecule has 0 unspecified atom stereocenters. The van der Waals surface area contributed by atoms with E-state index in [2.05, 4.69) is 15.2 Å². The minimum atomic E-state index is -0.519. The standard InChI is InChI=1S/C30H42N6O6/c1-5-6-15-41-30(40)35-13-11-34(12-14-35)27(37)18-31-29(39)25-17-26(23-8-7-21(2)16-24(23)32-25)42-20-28(38)36-10-9-22(19-36)33(3)4/h7-8,16-17,22H,5-6,9-15,18-20H2,1-4H3,(H,31,39)/t22-/m1/s1. The lowest BCUT2D eigenvalue weighted by Crippen LogP contribution is -2.52. The van der Waals surface area contributed by atoms with E-state index < -0.39 is 5.91 Å². The molecular weight excluding hydrogens is 540 g/mol. The zero-order chi connectivity index (χ0) is 30.2. The highest BCUT2D eigenvalue weighted by atomic mass is 16.6. The Morgan fingerprint density at radius 3 is 2.43 bits per heavy atom. The van der Waals surface area contributed by atoms with Crippen molar-refractivity contribution >= 4 is 34.7 Å². The number of aryl methyl sites for hydroxylation is 1. The maximum atomic E-state index is 13.1. The topological polar surface area (TPSA) is 125 Å². The van der Waals surface area contributed by atoms with Gasteiger partial charge in [-0.1, -0.05) is 19.4 Å². The molecule has 42 heavy (non-hydrogen) atoms. The van der Waals surface area contributed by atoms with E-state index in [0.717, 1.165) is 24.8 Å². The fourth-order valence-corrected chi connectivity index (χ4v) is 5.05. The van der Waals surface area contributed by atoms with Crippen LogP contribution in [0.5, 0.6) is 5.75 Å². The number of unbranched alkanes of at least 4 members (excludes halogenated alkanes) is 1. The fraction of sp³-hybridized carbons (Fsp3) is 0.567. The Kier molecular flexibility index (Phi) is 10.6. The summed E-state index contributed by atoms with van der Waals surface area (Å²) in [5, 5.41) is 3.36. The maximum Gasteiger partial charge on any atom is 0.409 e. The molecule has 2 aromatic rings. The number of carbonyl (C=O) groups is 4. The Morgan fingerprint density at radius 1 is 1.00 bits per heavy atom. The Hall–Kier alpha value is -3.93. The van der Waals surface area contributed by atoms with Crippen LogP contribution < -0.4 is 10.1 Å². The van der Waals surface area contributed by atoms with E-state index in [1.165, 1.54) is 6.07 Å². The number of ether oxygens (including phenoxy) is 2. The molecule has 4 rings (SSSR count). The molecule has 2 aliphatic heterocycles. The molecule has 228 valence electrons. The molecule has 12 nitrogen and oxygen atoms in total. The van der Waals surface area contributed by atoms with Gasteiger partial charge in [0.2, 0.25) is 5.91 Å². The molecule has 2 saturated heterocycles. The van der Waals surface area contributed by atoms with Gasteiger partial charge >= 0.3 is 6.09 Å². The summed E-state index contributed by atoms with van der Waals surface area (Å²) in [6, 6.07) is 7.47. The van der Waals surface area contributed by atoms with Crippen molar-refractivity contribution in [3.8, 4) is 5.75 Å². The van der Waals surface area contributed by atoms with Gasteiger partial charge < -0.3 is 34.4 Å². The largest absolute Gasteiger partial charge is 0.483 e. The molecule has 0 spiro atoms. The van der Waals surface area contributed by atoms with Gasteiger partial charge in [0, 0.05) is 56.8 Å². The molecule has 1 N–H and O–H groups in total. The average Bonchev–Trinajstić information content (AvgIpc) is 3.49. The molecule has 12 heteroatoms. The Bertz CT molecular complexity index is 1290. The highest BCUT2D eigenvalue weighted by Gasteiger charge is 2.28. The number of nitrogens with one attached hydrogen (secondary N) is 1. The number of aromatic nitrogens is 1. The van der Waals surface area contributed by atoms with Crippen molar-refractivity contribution in [1.29, 1.82) is 0 Å². The minimum absolute atomic E-state index is 0.0943. The van der Waals surface area contributed by atoms with Crippen LogP contribution in [0.1, 0.15) is 42.2 Å². The van der Waals surface area contributed by atoms with E-state index in [0.29, 0.717) is 68.6 Å². The zero-order valence-electron chi connectivity index (χ0n) is 25.1. The summed E-state index contributed by atoms with van der Waals surface area (Å²) in [6.07, 6.45) is 2.32. The summed E-state index contributed by atoms with van der Waals surface area (Å²) in [7, 11) is 4.02. The van der Waals surface area contributed by atoms with E-state index in [-0.39, 0.29) is 36.8 Å². The van der Waals surface area contributed by atoms with Crippen LogP contribution >= 0.6 is 0 Å². The molecule has 1 aromatic heterocycles. The Balaban J connectivity index is 1.34. The summed E-state index contributed by atoms with van der Waals surface area (Å²) < 4.78 is 11.2. The number of hydrogen-bond acceptors (Lipinski definition) is 8. The third-order valence-corrected chi connectivity index (χ3v) is 7.77. The van der Waals surface area contributed by atoms with Crippen molar-refractivity contribution < 1.29 is 28.7 Å². The van der Waals surface area contributed by atoms with E-state index in [4.69, 9.17) is 9.47 Å². The summed E-state index contributed by atoms with van der Waals surface area (Å²) in [4.78, 5) is 62.5. The molecule has 2 aliphatic rings. The number of pyridine rings is 1. The van der Waals surface area contributed by atoms with Crippen LogP contribution in [0.4, 0.5) is 4.79 Å². The second-order valence-corrected chi connectivity index (χ2v) is 11.1. The lowest BCUT2D eigenvalue weighted by molar-refractivity contribution is -0.132. The Labute approximate surface area is 246 Å². The summed E-state index contributed by atoms with van der Waals surface area (Å²) in [5.74, 6) is -0.491. The van der Waals surface area contributed by atoms with E-state index >= 15 is 0 Å². The second-order valence-electron chi connectivity index (χ2n) is 11.1. The second kappa shape index (κ2) is 14.3. The predicted octanol–water partition coefficient (Wildman–Crippen LogP) is 1.90. The first-order valence-electron chi connectivity index (χ1n) is 14.6. The molecule has 0 aliphatic carbocycles. The number of benzene rings is 1. The molecular formula is C30H42N6O6. The number of amides is 4. The van der Waals surface area contributed by atoms with Crippen LogP contribution in [0.2, 0.25) is 0 Å². The molecule has 1 aromatic carbocycles. The molecule has 2 fully saturated rings. The molecule has 1 atom stereocenters. The number of carbonyl (C=O) groups excluding carboxylic acids is 4. The van der Waals surface area contributed by atoms with Gasteiger partial charge in [-0.25, -0.2) is 9.78 Å². The first-order chi connectivity index (χ1) is 20.2. The monoisotopic (exact) mass is 582 g/mol. The van der Waals surface area contributed by atoms with Crippen LogP contribution in [0.25, 0.3) is 10.9 Å². The first kappa shape index (κ1) is 31.0. The summed E-state index contributed by atoms with van der Waals surface area (Å²) in [6.45, 7) is 6.82. The third kappa shape index (κ3) is 7.87. The Morgan fingerprint density at radius 2 is 1.74 bits per heavy atom. The normalized spacial score (nSPS) is 17.1. The molecule has 0 bridgehead atoms. The quantitative estimate of drug-likeness (QED) is 0.422.